The van der Waals surface area contributed by atoms with E-state index in [1.165, 1.54) is 0 Å². The lowest BCUT2D eigenvalue weighted by atomic mass is 10.0. The van der Waals surface area contributed by atoms with Gasteiger partial charge in [0.2, 0.25) is 0 Å². The first-order valence-electron chi connectivity index (χ1n) is 6.85. The van der Waals surface area contributed by atoms with Crippen LogP contribution in [-0.4, -0.2) is 35.6 Å². The minimum Gasteiger partial charge on any atom is -0.393 e. The van der Waals surface area contributed by atoms with Gasteiger partial charge in [-0.15, -0.1) is 0 Å². The van der Waals surface area contributed by atoms with E-state index in [1.54, 1.807) is 0 Å². The van der Waals surface area contributed by atoms with Crippen LogP contribution in [0.1, 0.15) is 53.4 Å². The van der Waals surface area contributed by atoms with Crippen LogP contribution in [-0.2, 0) is 4.74 Å². The highest BCUT2D eigenvalue weighted by Gasteiger charge is 2.07. The summed E-state index contributed by atoms with van der Waals surface area (Å²) in [7, 11) is 0. The first-order valence-corrected chi connectivity index (χ1v) is 6.85. The van der Waals surface area contributed by atoms with Crippen LogP contribution in [0.15, 0.2) is 0 Å². The minimum absolute atomic E-state index is 0.212. The summed E-state index contributed by atoms with van der Waals surface area (Å²) in [5, 5.41) is 18.4. The maximum Gasteiger partial charge on any atom is 0.0514 e. The first-order chi connectivity index (χ1) is 7.91. The van der Waals surface area contributed by atoms with Crippen molar-refractivity contribution in [1.29, 1.82) is 0 Å². The molecule has 0 aromatic rings. The lowest BCUT2D eigenvalue weighted by Gasteiger charge is -2.15. The Hall–Kier alpha value is -0.120. The van der Waals surface area contributed by atoms with Gasteiger partial charge in [-0.05, 0) is 51.4 Å². The number of aliphatic hydroxyl groups excluding tert-OH is 2. The van der Waals surface area contributed by atoms with Gasteiger partial charge in [-0.1, -0.05) is 13.8 Å². The van der Waals surface area contributed by atoms with E-state index in [0.717, 1.165) is 38.9 Å². The molecule has 0 bridgehead atoms. The third kappa shape index (κ3) is 12.1. The zero-order chi connectivity index (χ0) is 13.3. The first kappa shape index (κ1) is 16.9. The Kier molecular flexibility index (Phi) is 9.79. The lowest BCUT2D eigenvalue weighted by molar-refractivity contribution is 0.0911. The fourth-order valence-corrected chi connectivity index (χ4v) is 2.07. The summed E-state index contributed by atoms with van der Waals surface area (Å²) in [5.41, 5.74) is 0. The fraction of sp³-hybridized carbons (Fsp3) is 1.00. The van der Waals surface area contributed by atoms with Crippen LogP contribution in [0.4, 0.5) is 0 Å². The average Bonchev–Trinajstić information content (AvgIpc) is 2.14. The molecule has 3 nitrogen and oxygen atoms in total. The monoisotopic (exact) mass is 246 g/mol. The van der Waals surface area contributed by atoms with E-state index in [4.69, 9.17) is 4.74 Å². The van der Waals surface area contributed by atoms with E-state index in [9.17, 15) is 10.2 Å². The van der Waals surface area contributed by atoms with E-state index >= 15 is 0 Å². The molecule has 3 heteroatoms. The normalized spacial score (nSPS) is 18.7. The van der Waals surface area contributed by atoms with Crippen molar-refractivity contribution in [3.05, 3.63) is 0 Å². The molecule has 0 saturated heterocycles. The number of aliphatic hydroxyl groups is 2. The molecular weight excluding hydrogens is 216 g/mol. The van der Waals surface area contributed by atoms with Crippen LogP contribution in [0.25, 0.3) is 0 Å². The van der Waals surface area contributed by atoms with Gasteiger partial charge < -0.3 is 14.9 Å². The zero-order valence-electron chi connectivity index (χ0n) is 11.9. The van der Waals surface area contributed by atoms with Gasteiger partial charge >= 0.3 is 0 Å². The van der Waals surface area contributed by atoms with Gasteiger partial charge in [0.1, 0.15) is 0 Å². The molecule has 0 aliphatic heterocycles. The number of rotatable bonds is 10. The summed E-state index contributed by atoms with van der Waals surface area (Å²) >= 11 is 0. The SMILES string of the molecule is CC(O)CC(C)CCOCCC(C)CC(C)O. The van der Waals surface area contributed by atoms with Gasteiger partial charge in [-0.25, -0.2) is 0 Å². The van der Waals surface area contributed by atoms with Crippen molar-refractivity contribution in [2.75, 3.05) is 13.2 Å². The quantitative estimate of drug-likeness (QED) is 0.583. The maximum absolute atomic E-state index is 9.22. The molecule has 0 spiro atoms. The summed E-state index contributed by atoms with van der Waals surface area (Å²) < 4.78 is 5.57. The summed E-state index contributed by atoms with van der Waals surface area (Å²) in [5.74, 6) is 1.04. The summed E-state index contributed by atoms with van der Waals surface area (Å²) in [6, 6.07) is 0. The summed E-state index contributed by atoms with van der Waals surface area (Å²) in [6.45, 7) is 9.49. The van der Waals surface area contributed by atoms with Gasteiger partial charge in [0, 0.05) is 13.2 Å². The van der Waals surface area contributed by atoms with Crippen molar-refractivity contribution in [3.63, 3.8) is 0 Å². The Morgan fingerprint density at radius 2 is 1.12 bits per heavy atom. The second-order valence-corrected chi connectivity index (χ2v) is 5.57. The molecule has 4 atom stereocenters. The highest BCUT2D eigenvalue weighted by atomic mass is 16.5. The van der Waals surface area contributed by atoms with Crippen LogP contribution in [0, 0.1) is 11.8 Å². The average molecular weight is 246 g/mol. The Balaban J connectivity index is 3.34. The van der Waals surface area contributed by atoms with Crippen LogP contribution >= 0.6 is 0 Å². The molecule has 17 heavy (non-hydrogen) atoms. The van der Waals surface area contributed by atoms with Gasteiger partial charge in [-0.2, -0.15) is 0 Å². The van der Waals surface area contributed by atoms with Crippen molar-refractivity contribution in [1.82, 2.24) is 0 Å². The van der Waals surface area contributed by atoms with E-state index in [-0.39, 0.29) is 12.2 Å². The van der Waals surface area contributed by atoms with E-state index < -0.39 is 0 Å². The third-order valence-corrected chi connectivity index (χ3v) is 3.00. The van der Waals surface area contributed by atoms with Crippen molar-refractivity contribution in [2.24, 2.45) is 11.8 Å². The van der Waals surface area contributed by atoms with Crippen molar-refractivity contribution in [2.45, 2.75) is 65.6 Å². The van der Waals surface area contributed by atoms with Crippen molar-refractivity contribution < 1.29 is 14.9 Å². The van der Waals surface area contributed by atoms with Gasteiger partial charge in [0.15, 0.2) is 0 Å². The Morgan fingerprint density at radius 3 is 1.41 bits per heavy atom. The molecule has 0 fully saturated rings. The molecule has 0 aromatic carbocycles. The molecule has 0 radical (unpaired) electrons. The summed E-state index contributed by atoms with van der Waals surface area (Å²) in [6.07, 6.45) is 3.29. The van der Waals surface area contributed by atoms with Gasteiger partial charge in [0.25, 0.3) is 0 Å². The third-order valence-electron chi connectivity index (χ3n) is 3.00. The predicted molar refractivity (Wildman–Crippen MR) is 71.0 cm³/mol. The highest BCUT2D eigenvalue weighted by molar-refractivity contribution is 4.58. The molecular formula is C14H30O3. The van der Waals surface area contributed by atoms with Gasteiger partial charge in [0.05, 0.1) is 12.2 Å². The smallest absolute Gasteiger partial charge is 0.0514 e. The molecule has 0 aliphatic rings. The number of hydrogen-bond acceptors (Lipinski definition) is 3. The number of ether oxygens (including phenoxy) is 1. The molecule has 0 aliphatic carbocycles. The molecule has 0 aromatic heterocycles. The van der Waals surface area contributed by atoms with Crippen LogP contribution < -0.4 is 0 Å². The van der Waals surface area contributed by atoms with E-state index in [1.807, 2.05) is 13.8 Å². The second-order valence-electron chi connectivity index (χ2n) is 5.57. The Labute approximate surface area is 106 Å². The highest BCUT2D eigenvalue weighted by Crippen LogP contribution is 2.12. The molecule has 4 unspecified atom stereocenters. The molecule has 0 rings (SSSR count). The van der Waals surface area contributed by atoms with Crippen LogP contribution in [0.5, 0.6) is 0 Å². The largest absolute Gasteiger partial charge is 0.393 e. The Morgan fingerprint density at radius 1 is 0.765 bits per heavy atom. The molecule has 0 amide bonds. The van der Waals surface area contributed by atoms with Crippen molar-refractivity contribution >= 4 is 0 Å². The molecule has 104 valence electrons. The molecule has 2 N–H and O–H groups in total. The standard InChI is InChI=1S/C14H30O3/c1-11(9-13(3)15)5-7-17-8-6-12(2)10-14(4)16/h11-16H,5-10H2,1-4H3. The minimum atomic E-state index is -0.212. The lowest BCUT2D eigenvalue weighted by Crippen LogP contribution is -2.12. The predicted octanol–water partition coefficient (Wildman–Crippen LogP) is 2.60. The molecule has 0 heterocycles. The summed E-state index contributed by atoms with van der Waals surface area (Å²) in [4.78, 5) is 0. The van der Waals surface area contributed by atoms with E-state index in [0.29, 0.717) is 11.8 Å². The fourth-order valence-electron chi connectivity index (χ4n) is 2.07. The zero-order valence-corrected chi connectivity index (χ0v) is 11.9. The van der Waals surface area contributed by atoms with Crippen LogP contribution in [0.2, 0.25) is 0 Å². The molecule has 0 saturated carbocycles. The van der Waals surface area contributed by atoms with E-state index in [2.05, 4.69) is 13.8 Å². The number of hydrogen-bond donors (Lipinski definition) is 2. The maximum atomic E-state index is 9.22. The van der Waals surface area contributed by atoms with Crippen LogP contribution in [0.3, 0.4) is 0 Å². The van der Waals surface area contributed by atoms with Crippen molar-refractivity contribution in [3.8, 4) is 0 Å². The Bertz CT molecular complexity index is 151. The second kappa shape index (κ2) is 9.86. The topological polar surface area (TPSA) is 49.7 Å². The van der Waals surface area contributed by atoms with Gasteiger partial charge in [-0.3, -0.25) is 0 Å².